The molecule has 0 aromatic heterocycles. The molecule has 1 saturated carbocycles. The van der Waals surface area contributed by atoms with Gasteiger partial charge in [0.15, 0.2) is 0 Å². The van der Waals surface area contributed by atoms with Crippen LogP contribution >= 0.6 is 0 Å². The van der Waals surface area contributed by atoms with Crippen molar-refractivity contribution in [2.45, 2.75) is 38.9 Å². The Kier molecular flexibility index (Phi) is 5.64. The predicted molar refractivity (Wildman–Crippen MR) is 42.2 cm³/mol. The third-order valence-corrected chi connectivity index (χ3v) is 1.33. The fraction of sp³-hybridized carbons (Fsp3) is 1.00. The molecule has 0 N–H and O–H groups in total. The molecule has 0 saturated heterocycles. The standard InChI is InChI=1S/C4H8O.C4H10O/c1-5-4-2-3-4;1-4(2)5-3/h4H,2-3H2,1H3;4H,1-3H3. The van der Waals surface area contributed by atoms with Gasteiger partial charge in [0.2, 0.25) is 0 Å². The SMILES string of the molecule is COC(C)C.COC1CC1. The van der Waals surface area contributed by atoms with Crippen molar-refractivity contribution >= 4 is 0 Å². The van der Waals surface area contributed by atoms with Crippen LogP contribution in [-0.2, 0) is 9.47 Å². The van der Waals surface area contributed by atoms with Crippen LogP contribution in [0.15, 0.2) is 0 Å². The molecule has 0 unspecified atom stereocenters. The second-order valence-corrected chi connectivity index (χ2v) is 2.72. The van der Waals surface area contributed by atoms with Crippen LogP contribution in [0, 0.1) is 0 Å². The Balaban J connectivity index is 0.000000162. The molecule has 0 radical (unpaired) electrons. The van der Waals surface area contributed by atoms with Crippen LogP contribution < -0.4 is 0 Å². The lowest BCUT2D eigenvalue weighted by atomic mass is 10.5. The molecule has 10 heavy (non-hydrogen) atoms. The molecule has 2 heteroatoms. The van der Waals surface area contributed by atoms with Crippen LogP contribution in [0.3, 0.4) is 0 Å². The summed E-state index contributed by atoms with van der Waals surface area (Å²) in [6.45, 7) is 4.00. The Morgan fingerprint density at radius 3 is 1.60 bits per heavy atom. The molecule has 0 aromatic rings. The van der Waals surface area contributed by atoms with Crippen molar-refractivity contribution in [3.8, 4) is 0 Å². The smallest absolute Gasteiger partial charge is 0.0573 e. The van der Waals surface area contributed by atoms with Crippen LogP contribution in [0.1, 0.15) is 26.7 Å². The normalized spacial score (nSPS) is 16.5. The highest BCUT2D eigenvalue weighted by Crippen LogP contribution is 2.21. The fourth-order valence-corrected chi connectivity index (χ4v) is 0.304. The maximum absolute atomic E-state index is 4.86. The minimum absolute atomic E-state index is 0.384. The second-order valence-electron chi connectivity index (χ2n) is 2.72. The molecule has 0 bridgehead atoms. The van der Waals surface area contributed by atoms with Gasteiger partial charge in [-0.3, -0.25) is 0 Å². The zero-order chi connectivity index (χ0) is 7.98. The summed E-state index contributed by atoms with van der Waals surface area (Å²) < 4.78 is 9.61. The van der Waals surface area contributed by atoms with Gasteiger partial charge in [0.1, 0.15) is 0 Å². The summed E-state index contributed by atoms with van der Waals surface area (Å²) in [7, 11) is 3.46. The molecule has 2 nitrogen and oxygen atoms in total. The molecule has 1 aliphatic rings. The largest absolute Gasteiger partial charge is 0.382 e. The van der Waals surface area contributed by atoms with Gasteiger partial charge in [-0.25, -0.2) is 0 Å². The molecule has 0 aromatic carbocycles. The summed E-state index contributed by atoms with van der Waals surface area (Å²) in [4.78, 5) is 0. The zero-order valence-electron chi connectivity index (χ0n) is 7.39. The van der Waals surface area contributed by atoms with E-state index in [2.05, 4.69) is 0 Å². The Bertz CT molecular complexity index is 65.7. The van der Waals surface area contributed by atoms with Crippen LogP contribution in [-0.4, -0.2) is 26.4 Å². The monoisotopic (exact) mass is 146 g/mol. The molecule has 62 valence electrons. The van der Waals surface area contributed by atoms with Gasteiger partial charge in [-0.05, 0) is 26.7 Å². The summed E-state index contributed by atoms with van der Waals surface area (Å²) in [5.74, 6) is 0. The number of ether oxygens (including phenoxy) is 2. The van der Waals surface area contributed by atoms with E-state index >= 15 is 0 Å². The van der Waals surface area contributed by atoms with Crippen molar-refractivity contribution in [1.82, 2.24) is 0 Å². The number of hydrogen-bond donors (Lipinski definition) is 0. The molecule has 0 spiro atoms. The van der Waals surface area contributed by atoms with Gasteiger partial charge in [0.05, 0.1) is 12.2 Å². The topological polar surface area (TPSA) is 18.5 Å². The molecular weight excluding hydrogens is 128 g/mol. The Labute approximate surface area is 63.5 Å². The van der Waals surface area contributed by atoms with Gasteiger partial charge >= 0.3 is 0 Å². The maximum atomic E-state index is 4.86. The van der Waals surface area contributed by atoms with Gasteiger partial charge < -0.3 is 9.47 Å². The first-order valence-corrected chi connectivity index (χ1v) is 3.76. The third kappa shape index (κ3) is 7.92. The van der Waals surface area contributed by atoms with Crippen molar-refractivity contribution in [3.63, 3.8) is 0 Å². The Hall–Kier alpha value is -0.0800. The minimum Gasteiger partial charge on any atom is -0.382 e. The van der Waals surface area contributed by atoms with E-state index < -0.39 is 0 Å². The van der Waals surface area contributed by atoms with Gasteiger partial charge in [-0.2, -0.15) is 0 Å². The lowest BCUT2D eigenvalue weighted by Gasteiger charge is -1.94. The number of rotatable bonds is 2. The average molecular weight is 146 g/mol. The maximum Gasteiger partial charge on any atom is 0.0573 e. The Morgan fingerprint density at radius 2 is 1.60 bits per heavy atom. The molecule has 0 aliphatic heterocycles. The van der Waals surface area contributed by atoms with Crippen molar-refractivity contribution in [2.75, 3.05) is 14.2 Å². The first kappa shape index (κ1) is 9.92. The molecule has 1 rings (SSSR count). The van der Waals surface area contributed by atoms with E-state index in [0.717, 1.165) is 0 Å². The van der Waals surface area contributed by atoms with E-state index in [9.17, 15) is 0 Å². The number of hydrogen-bond acceptors (Lipinski definition) is 2. The molecule has 0 amide bonds. The Morgan fingerprint density at radius 1 is 1.20 bits per heavy atom. The third-order valence-electron chi connectivity index (χ3n) is 1.33. The van der Waals surface area contributed by atoms with Crippen molar-refractivity contribution in [3.05, 3.63) is 0 Å². The van der Waals surface area contributed by atoms with E-state index in [4.69, 9.17) is 9.47 Å². The first-order chi connectivity index (χ1) is 4.70. The van der Waals surface area contributed by atoms with Crippen molar-refractivity contribution in [1.29, 1.82) is 0 Å². The summed E-state index contributed by atoms with van der Waals surface area (Å²) in [6.07, 6.45) is 3.59. The minimum atomic E-state index is 0.384. The lowest BCUT2D eigenvalue weighted by molar-refractivity contribution is 0.134. The van der Waals surface area contributed by atoms with Gasteiger partial charge in [-0.1, -0.05) is 0 Å². The van der Waals surface area contributed by atoms with Gasteiger partial charge in [0, 0.05) is 14.2 Å². The average Bonchev–Trinajstić information content (AvgIpc) is 2.70. The van der Waals surface area contributed by atoms with E-state index in [0.29, 0.717) is 12.2 Å². The summed E-state index contributed by atoms with van der Waals surface area (Å²) >= 11 is 0. The fourth-order valence-electron chi connectivity index (χ4n) is 0.304. The molecule has 0 atom stereocenters. The first-order valence-electron chi connectivity index (χ1n) is 3.76. The van der Waals surface area contributed by atoms with Crippen LogP contribution in [0.25, 0.3) is 0 Å². The summed E-state index contributed by atoms with van der Waals surface area (Å²) in [5, 5.41) is 0. The molecule has 1 fully saturated rings. The quantitative estimate of drug-likeness (QED) is 0.591. The molecular formula is C8H18O2. The van der Waals surface area contributed by atoms with Crippen LogP contribution in [0.2, 0.25) is 0 Å². The van der Waals surface area contributed by atoms with Crippen molar-refractivity contribution in [2.24, 2.45) is 0 Å². The highest BCUT2D eigenvalue weighted by Gasteiger charge is 2.19. The second kappa shape index (κ2) is 5.69. The highest BCUT2D eigenvalue weighted by atomic mass is 16.5. The lowest BCUT2D eigenvalue weighted by Crippen LogP contribution is -1.94. The zero-order valence-corrected chi connectivity index (χ0v) is 7.39. The van der Waals surface area contributed by atoms with E-state index in [1.807, 2.05) is 13.8 Å². The van der Waals surface area contributed by atoms with E-state index in [-0.39, 0.29) is 0 Å². The molecule has 0 heterocycles. The van der Waals surface area contributed by atoms with Gasteiger partial charge in [-0.15, -0.1) is 0 Å². The van der Waals surface area contributed by atoms with Crippen LogP contribution in [0.5, 0.6) is 0 Å². The van der Waals surface area contributed by atoms with Crippen molar-refractivity contribution < 1.29 is 9.47 Å². The van der Waals surface area contributed by atoms with E-state index in [1.54, 1.807) is 14.2 Å². The van der Waals surface area contributed by atoms with Crippen LogP contribution in [0.4, 0.5) is 0 Å². The molecule has 1 aliphatic carbocycles. The number of methoxy groups -OCH3 is 2. The predicted octanol–water partition coefficient (Wildman–Crippen LogP) is 1.84. The highest BCUT2D eigenvalue weighted by molar-refractivity contribution is 4.71. The van der Waals surface area contributed by atoms with E-state index in [1.165, 1.54) is 12.8 Å². The van der Waals surface area contributed by atoms with Gasteiger partial charge in [0.25, 0.3) is 0 Å². The summed E-state index contributed by atoms with van der Waals surface area (Å²) in [6, 6.07) is 0. The summed E-state index contributed by atoms with van der Waals surface area (Å²) in [5.41, 5.74) is 0.